The summed E-state index contributed by atoms with van der Waals surface area (Å²) in [7, 11) is 0. The van der Waals surface area contributed by atoms with Gasteiger partial charge in [0.1, 0.15) is 5.69 Å². The van der Waals surface area contributed by atoms with Crippen LogP contribution in [0.4, 0.5) is 0 Å². The zero-order valence-corrected chi connectivity index (χ0v) is 11.6. The molecule has 98 valence electrons. The summed E-state index contributed by atoms with van der Waals surface area (Å²) in [5.74, 6) is -0.324. The highest BCUT2D eigenvalue weighted by Gasteiger charge is 2.31. The molecule has 0 bridgehead atoms. The Bertz CT molecular complexity index is 482. The molecule has 1 amide bonds. The molecule has 0 spiro atoms. The quantitative estimate of drug-likeness (QED) is 0.913. The van der Waals surface area contributed by atoms with Gasteiger partial charge in [-0.1, -0.05) is 34.8 Å². The highest BCUT2D eigenvalue weighted by atomic mass is 35.5. The molecular weight excluding hydrogens is 298 g/mol. The summed E-state index contributed by atoms with van der Waals surface area (Å²) in [4.78, 5) is 17.8. The van der Waals surface area contributed by atoms with Crippen LogP contribution in [0.5, 0.6) is 0 Å². The van der Waals surface area contributed by atoms with Gasteiger partial charge in [-0.25, -0.2) is 4.98 Å². The van der Waals surface area contributed by atoms with Crippen molar-refractivity contribution in [1.82, 2.24) is 9.88 Å². The van der Waals surface area contributed by atoms with Crippen LogP contribution in [0.15, 0.2) is 6.20 Å². The molecule has 7 heteroatoms. The molecule has 1 aromatic rings. The zero-order valence-electron chi connectivity index (χ0n) is 9.37. The van der Waals surface area contributed by atoms with E-state index in [0.717, 1.165) is 12.8 Å². The topological polar surface area (TPSA) is 53.4 Å². The van der Waals surface area contributed by atoms with Crippen molar-refractivity contribution >= 4 is 40.7 Å². The first-order chi connectivity index (χ1) is 8.56. The molecule has 1 unspecified atom stereocenters. The molecule has 2 rings (SSSR count). The normalized spacial score (nSPS) is 19.3. The number of hydrogen-bond donors (Lipinski definition) is 1. The van der Waals surface area contributed by atoms with Crippen LogP contribution in [-0.4, -0.2) is 40.1 Å². The Morgan fingerprint density at radius 2 is 2.17 bits per heavy atom. The largest absolute Gasteiger partial charge is 0.394 e. The molecule has 1 atom stereocenters. The average molecular weight is 310 g/mol. The standard InChI is InChI=1S/C11H11Cl3N2O2/c12-7-4-15-10(9(14)8(7)13)11(18)16-3-1-2-6(16)5-17/h4,6,17H,1-3,5H2. The SMILES string of the molecule is O=C(c1ncc(Cl)c(Cl)c1Cl)N1CCCC1CO. The van der Waals surface area contributed by atoms with Crippen LogP contribution in [0, 0.1) is 0 Å². The van der Waals surface area contributed by atoms with Crippen LogP contribution in [-0.2, 0) is 0 Å². The number of carbonyl (C=O) groups excluding carboxylic acids is 1. The van der Waals surface area contributed by atoms with E-state index in [1.807, 2.05) is 0 Å². The summed E-state index contributed by atoms with van der Waals surface area (Å²) in [5, 5.41) is 9.59. The number of nitrogens with zero attached hydrogens (tertiary/aromatic N) is 2. The van der Waals surface area contributed by atoms with Crippen LogP contribution in [0.2, 0.25) is 15.1 Å². The van der Waals surface area contributed by atoms with Crippen LogP contribution in [0.3, 0.4) is 0 Å². The predicted molar refractivity (Wildman–Crippen MR) is 70.4 cm³/mol. The molecule has 1 N–H and O–H groups in total. The van der Waals surface area contributed by atoms with Gasteiger partial charge in [0.15, 0.2) is 0 Å². The van der Waals surface area contributed by atoms with Gasteiger partial charge in [0.25, 0.3) is 5.91 Å². The summed E-state index contributed by atoms with van der Waals surface area (Å²) in [6.07, 6.45) is 2.93. The van der Waals surface area contributed by atoms with Gasteiger partial charge >= 0.3 is 0 Å². The first-order valence-corrected chi connectivity index (χ1v) is 6.61. The van der Waals surface area contributed by atoms with Crippen molar-refractivity contribution in [1.29, 1.82) is 0 Å². The van der Waals surface area contributed by atoms with Crippen molar-refractivity contribution in [2.45, 2.75) is 18.9 Å². The Balaban J connectivity index is 2.32. The first-order valence-electron chi connectivity index (χ1n) is 5.47. The smallest absolute Gasteiger partial charge is 0.274 e. The van der Waals surface area contributed by atoms with E-state index >= 15 is 0 Å². The number of aliphatic hydroxyl groups is 1. The molecule has 4 nitrogen and oxygen atoms in total. The number of rotatable bonds is 2. The van der Waals surface area contributed by atoms with Crippen LogP contribution < -0.4 is 0 Å². The van der Waals surface area contributed by atoms with E-state index in [9.17, 15) is 9.90 Å². The van der Waals surface area contributed by atoms with Crippen LogP contribution in [0.1, 0.15) is 23.3 Å². The maximum absolute atomic E-state index is 12.3. The lowest BCUT2D eigenvalue weighted by Crippen LogP contribution is -2.38. The van der Waals surface area contributed by atoms with Crippen LogP contribution in [0.25, 0.3) is 0 Å². The number of carbonyl (C=O) groups is 1. The van der Waals surface area contributed by atoms with E-state index in [1.165, 1.54) is 6.20 Å². The summed E-state index contributed by atoms with van der Waals surface area (Å²) in [5.41, 5.74) is 0.0754. The second kappa shape index (κ2) is 5.61. The highest BCUT2D eigenvalue weighted by molar-refractivity contribution is 6.48. The van der Waals surface area contributed by atoms with Gasteiger partial charge in [-0.2, -0.15) is 0 Å². The van der Waals surface area contributed by atoms with Crippen LogP contribution >= 0.6 is 34.8 Å². The molecule has 18 heavy (non-hydrogen) atoms. The van der Waals surface area contributed by atoms with Gasteiger partial charge in [0, 0.05) is 12.7 Å². The lowest BCUT2D eigenvalue weighted by Gasteiger charge is -2.23. The molecule has 0 aliphatic carbocycles. The third-order valence-corrected chi connectivity index (χ3v) is 4.21. The molecule has 0 aromatic carbocycles. The van der Waals surface area contributed by atoms with E-state index in [-0.39, 0.29) is 39.3 Å². The predicted octanol–water partition coefficient (Wildman–Crippen LogP) is 2.64. The van der Waals surface area contributed by atoms with E-state index in [4.69, 9.17) is 34.8 Å². The van der Waals surface area contributed by atoms with E-state index in [1.54, 1.807) is 4.90 Å². The molecule has 2 heterocycles. The Hall–Kier alpha value is -0.550. The zero-order chi connectivity index (χ0) is 13.3. The minimum Gasteiger partial charge on any atom is -0.394 e. The summed E-state index contributed by atoms with van der Waals surface area (Å²) in [6, 6.07) is -0.176. The number of pyridine rings is 1. The number of halogens is 3. The fourth-order valence-electron chi connectivity index (χ4n) is 2.02. The lowest BCUT2D eigenvalue weighted by atomic mass is 10.2. The fraction of sp³-hybridized carbons (Fsp3) is 0.455. The monoisotopic (exact) mass is 308 g/mol. The van der Waals surface area contributed by atoms with E-state index in [2.05, 4.69) is 4.98 Å². The van der Waals surface area contributed by atoms with Gasteiger partial charge < -0.3 is 10.0 Å². The molecule has 1 aliphatic heterocycles. The number of amides is 1. The summed E-state index contributed by atoms with van der Waals surface area (Å²) >= 11 is 17.6. The molecular formula is C11H11Cl3N2O2. The summed E-state index contributed by atoms with van der Waals surface area (Å²) in [6.45, 7) is 0.521. The second-order valence-corrected chi connectivity index (χ2v) is 5.22. The number of hydrogen-bond acceptors (Lipinski definition) is 3. The molecule has 1 fully saturated rings. The van der Waals surface area contributed by atoms with Crippen molar-refractivity contribution < 1.29 is 9.90 Å². The molecule has 1 aliphatic rings. The van der Waals surface area contributed by atoms with Gasteiger partial charge in [0.05, 0.1) is 27.7 Å². The van der Waals surface area contributed by atoms with E-state index in [0.29, 0.717) is 6.54 Å². The molecule has 0 radical (unpaired) electrons. The molecule has 0 saturated carbocycles. The number of aromatic nitrogens is 1. The Kier molecular flexibility index (Phi) is 4.33. The average Bonchev–Trinajstić information content (AvgIpc) is 2.83. The maximum atomic E-state index is 12.3. The van der Waals surface area contributed by atoms with Crippen molar-refractivity contribution in [3.05, 3.63) is 27.0 Å². The third-order valence-electron chi connectivity index (χ3n) is 2.97. The van der Waals surface area contributed by atoms with Gasteiger partial charge in [-0.05, 0) is 12.8 Å². The third kappa shape index (κ3) is 2.43. The van der Waals surface area contributed by atoms with Crippen molar-refractivity contribution in [2.24, 2.45) is 0 Å². The second-order valence-electron chi connectivity index (χ2n) is 4.06. The Morgan fingerprint density at radius 1 is 1.44 bits per heavy atom. The first kappa shape index (κ1) is 13.9. The minimum atomic E-state index is -0.324. The van der Waals surface area contributed by atoms with E-state index < -0.39 is 0 Å². The van der Waals surface area contributed by atoms with Crippen molar-refractivity contribution in [2.75, 3.05) is 13.2 Å². The Labute approximate surface area is 119 Å². The maximum Gasteiger partial charge on any atom is 0.274 e. The Morgan fingerprint density at radius 3 is 2.83 bits per heavy atom. The molecule has 1 saturated heterocycles. The van der Waals surface area contributed by atoms with Gasteiger partial charge in [-0.15, -0.1) is 0 Å². The van der Waals surface area contributed by atoms with Gasteiger partial charge in [-0.3, -0.25) is 4.79 Å². The number of likely N-dealkylation sites (tertiary alicyclic amines) is 1. The van der Waals surface area contributed by atoms with Gasteiger partial charge in [0.2, 0.25) is 0 Å². The lowest BCUT2D eigenvalue weighted by molar-refractivity contribution is 0.0672. The van der Waals surface area contributed by atoms with Crippen molar-refractivity contribution in [3.63, 3.8) is 0 Å². The molecule has 1 aromatic heterocycles. The number of aliphatic hydroxyl groups excluding tert-OH is 1. The summed E-state index contributed by atoms with van der Waals surface area (Å²) < 4.78 is 0. The highest BCUT2D eigenvalue weighted by Crippen LogP contribution is 2.32. The van der Waals surface area contributed by atoms with Crippen molar-refractivity contribution in [3.8, 4) is 0 Å². The minimum absolute atomic E-state index is 0.0535. The fourth-order valence-corrected chi connectivity index (χ4v) is 2.58.